The van der Waals surface area contributed by atoms with Crippen molar-refractivity contribution in [2.75, 3.05) is 33.0 Å². The number of phosphoric acid groups is 1. The van der Waals surface area contributed by atoms with Crippen LogP contribution in [0.1, 0.15) is 181 Å². The zero-order chi connectivity index (χ0) is 39.6. The molecule has 0 heterocycles. The van der Waals surface area contributed by atoms with Crippen LogP contribution in [0.4, 0.5) is 0 Å². The third kappa shape index (κ3) is 40.1. The molecule has 0 fully saturated rings. The topological polar surface area (TPSA) is 132 Å². The molecule has 0 aliphatic heterocycles. The van der Waals surface area contributed by atoms with Crippen LogP contribution in [0.15, 0.2) is 48.6 Å². The van der Waals surface area contributed by atoms with E-state index in [2.05, 4.69) is 62.5 Å². The van der Waals surface area contributed by atoms with Gasteiger partial charge in [-0.25, -0.2) is 4.57 Å². The fraction of sp³-hybridized carbons (Fsp3) is 0.795. The van der Waals surface area contributed by atoms with E-state index in [0.29, 0.717) is 13.0 Å². The van der Waals surface area contributed by atoms with Gasteiger partial charge in [-0.3, -0.25) is 13.8 Å². The van der Waals surface area contributed by atoms with Gasteiger partial charge in [0.05, 0.1) is 26.4 Å². The lowest BCUT2D eigenvalue weighted by molar-refractivity contribution is -0.154. The predicted molar refractivity (Wildman–Crippen MR) is 223 cm³/mol. The minimum Gasteiger partial charge on any atom is -0.457 e. The Morgan fingerprint density at radius 1 is 0.574 bits per heavy atom. The highest BCUT2D eigenvalue weighted by Crippen LogP contribution is 2.43. The average Bonchev–Trinajstić information content (AvgIpc) is 3.16. The third-order valence-electron chi connectivity index (χ3n) is 8.99. The van der Waals surface area contributed by atoms with E-state index in [9.17, 15) is 19.4 Å². The van der Waals surface area contributed by atoms with E-state index in [1.807, 2.05) is 0 Å². The Morgan fingerprint density at radius 2 is 1.00 bits per heavy atom. The first kappa shape index (κ1) is 52.4. The van der Waals surface area contributed by atoms with E-state index in [0.717, 1.165) is 64.2 Å². The van der Waals surface area contributed by atoms with Crippen molar-refractivity contribution in [3.8, 4) is 0 Å². The number of allylic oxidation sites excluding steroid dienone is 8. The van der Waals surface area contributed by atoms with Crippen LogP contribution in [0, 0.1) is 0 Å². The largest absolute Gasteiger partial charge is 0.472 e. The molecule has 3 atom stereocenters. The Hall–Kier alpha value is -1.58. The van der Waals surface area contributed by atoms with Crippen molar-refractivity contribution in [1.29, 1.82) is 0 Å². The molecule has 0 aromatic heterocycles. The summed E-state index contributed by atoms with van der Waals surface area (Å²) >= 11 is 0. The number of aliphatic hydroxyl groups excluding tert-OH is 2. The van der Waals surface area contributed by atoms with Gasteiger partial charge in [-0.15, -0.1) is 0 Å². The summed E-state index contributed by atoms with van der Waals surface area (Å²) < 4.78 is 33.3. The Labute approximate surface area is 330 Å². The number of unbranched alkanes of at least 4 members (excludes halogenated alkanes) is 19. The number of rotatable bonds is 41. The fourth-order valence-electron chi connectivity index (χ4n) is 5.65. The first-order valence-electron chi connectivity index (χ1n) is 21.6. The summed E-state index contributed by atoms with van der Waals surface area (Å²) in [6, 6.07) is 0. The van der Waals surface area contributed by atoms with Gasteiger partial charge in [-0.2, -0.15) is 0 Å². The molecule has 0 rings (SSSR count). The number of hydrogen-bond acceptors (Lipinski definition) is 8. The average molecular weight is 785 g/mol. The van der Waals surface area contributed by atoms with Crippen molar-refractivity contribution in [3.05, 3.63) is 48.6 Å². The first-order chi connectivity index (χ1) is 26.3. The molecule has 0 bridgehead atoms. The molecule has 0 aromatic rings. The molecule has 3 N–H and O–H groups in total. The molecule has 0 saturated carbocycles. The van der Waals surface area contributed by atoms with Crippen molar-refractivity contribution >= 4 is 13.8 Å². The number of esters is 1. The zero-order valence-corrected chi connectivity index (χ0v) is 35.3. The van der Waals surface area contributed by atoms with Gasteiger partial charge in [0.1, 0.15) is 12.2 Å². The molecule has 10 heteroatoms. The number of hydrogen-bond donors (Lipinski definition) is 3. The van der Waals surface area contributed by atoms with Crippen LogP contribution in [0.25, 0.3) is 0 Å². The third-order valence-corrected chi connectivity index (χ3v) is 9.94. The molecule has 0 aliphatic rings. The summed E-state index contributed by atoms with van der Waals surface area (Å²) in [4.78, 5) is 22.6. The molecule has 0 spiro atoms. The molecule has 0 saturated heterocycles. The maximum Gasteiger partial charge on any atom is 0.472 e. The highest BCUT2D eigenvalue weighted by atomic mass is 31.2. The Kier molecular flexibility index (Phi) is 39.9. The van der Waals surface area contributed by atoms with Crippen molar-refractivity contribution in [1.82, 2.24) is 0 Å². The lowest BCUT2D eigenvalue weighted by Gasteiger charge is -2.20. The SMILES string of the molecule is CCCCC/C=C\C/C=C\C/C=C\CCCCCCCCC(=O)OC(COCCCCCCCC/C=C\CCCCCC)COP(=O)(O)OCC(O)CO. The highest BCUT2D eigenvalue weighted by Gasteiger charge is 2.26. The summed E-state index contributed by atoms with van der Waals surface area (Å²) in [5.41, 5.74) is 0. The molecule has 54 heavy (non-hydrogen) atoms. The Morgan fingerprint density at radius 3 is 1.56 bits per heavy atom. The van der Waals surface area contributed by atoms with E-state index in [-0.39, 0.29) is 19.6 Å². The lowest BCUT2D eigenvalue weighted by Crippen LogP contribution is -2.29. The number of ether oxygens (including phenoxy) is 2. The van der Waals surface area contributed by atoms with Crippen LogP contribution in [-0.2, 0) is 27.9 Å². The summed E-state index contributed by atoms with van der Waals surface area (Å²) in [7, 11) is -4.52. The van der Waals surface area contributed by atoms with Gasteiger partial charge in [-0.05, 0) is 77.0 Å². The second-order valence-electron chi connectivity index (χ2n) is 14.4. The smallest absolute Gasteiger partial charge is 0.457 e. The fourth-order valence-corrected chi connectivity index (χ4v) is 6.44. The first-order valence-corrected chi connectivity index (χ1v) is 23.1. The van der Waals surface area contributed by atoms with Crippen molar-refractivity contribution in [2.45, 2.75) is 193 Å². The van der Waals surface area contributed by atoms with Gasteiger partial charge in [0.15, 0.2) is 0 Å². The van der Waals surface area contributed by atoms with E-state index in [1.54, 1.807) is 0 Å². The Bertz CT molecular complexity index is 981. The van der Waals surface area contributed by atoms with E-state index in [4.69, 9.17) is 23.6 Å². The van der Waals surface area contributed by atoms with Crippen molar-refractivity contribution in [3.63, 3.8) is 0 Å². The van der Waals surface area contributed by atoms with Crippen LogP contribution in [0.2, 0.25) is 0 Å². The molecule has 0 aromatic carbocycles. The standard InChI is InChI=1S/C44H81O9P/c1-3-5-7-9-11-13-15-17-19-20-21-22-23-24-26-28-30-32-34-36-44(47)53-43(41-52-54(48,49)51-39-42(46)38-45)40-50-37-35-33-31-29-27-25-18-16-14-12-10-8-6-4-2/h11,13-14,16-17,19,21-22,42-43,45-46H,3-10,12,15,18,20,23-41H2,1-2H3,(H,48,49)/b13-11-,16-14-,19-17-,22-21-. The van der Waals surface area contributed by atoms with E-state index < -0.39 is 39.2 Å². The van der Waals surface area contributed by atoms with E-state index >= 15 is 0 Å². The van der Waals surface area contributed by atoms with E-state index in [1.165, 1.54) is 89.9 Å². The molecular formula is C44H81O9P. The summed E-state index contributed by atoms with van der Waals surface area (Å²) in [5, 5.41) is 18.3. The van der Waals surface area contributed by atoms with Crippen LogP contribution in [-0.4, -0.2) is 66.3 Å². The minimum atomic E-state index is -4.52. The predicted octanol–water partition coefficient (Wildman–Crippen LogP) is 11.8. The lowest BCUT2D eigenvalue weighted by atomic mass is 10.1. The second-order valence-corrected chi connectivity index (χ2v) is 15.8. The normalized spacial score (nSPS) is 14.5. The van der Waals surface area contributed by atoms with Gasteiger partial charge in [0.25, 0.3) is 0 Å². The summed E-state index contributed by atoms with van der Waals surface area (Å²) in [5.74, 6) is -0.398. The second kappa shape index (κ2) is 41.1. The van der Waals surface area contributed by atoms with Crippen LogP contribution in [0.3, 0.4) is 0 Å². The highest BCUT2D eigenvalue weighted by molar-refractivity contribution is 7.47. The maximum atomic E-state index is 12.6. The van der Waals surface area contributed by atoms with Crippen LogP contribution in [0.5, 0.6) is 0 Å². The minimum absolute atomic E-state index is 0.0387. The molecule has 0 radical (unpaired) electrons. The molecule has 9 nitrogen and oxygen atoms in total. The summed E-state index contributed by atoms with van der Waals surface area (Å²) in [6.45, 7) is 3.44. The van der Waals surface area contributed by atoms with Crippen molar-refractivity contribution in [2.24, 2.45) is 0 Å². The van der Waals surface area contributed by atoms with Gasteiger partial charge >= 0.3 is 13.8 Å². The molecule has 0 amide bonds. The van der Waals surface area contributed by atoms with Gasteiger partial charge in [0, 0.05) is 13.0 Å². The van der Waals surface area contributed by atoms with Crippen LogP contribution < -0.4 is 0 Å². The number of carbonyl (C=O) groups is 1. The molecule has 316 valence electrons. The van der Waals surface area contributed by atoms with Gasteiger partial charge < -0.3 is 24.6 Å². The van der Waals surface area contributed by atoms with Crippen LogP contribution >= 0.6 is 7.82 Å². The van der Waals surface area contributed by atoms with Gasteiger partial charge in [0.2, 0.25) is 0 Å². The molecular weight excluding hydrogens is 703 g/mol. The maximum absolute atomic E-state index is 12.6. The number of carbonyl (C=O) groups excluding carboxylic acids is 1. The molecule has 3 unspecified atom stereocenters. The Balaban J connectivity index is 4.21. The number of aliphatic hydroxyl groups is 2. The zero-order valence-electron chi connectivity index (χ0n) is 34.4. The van der Waals surface area contributed by atoms with Crippen molar-refractivity contribution < 1.29 is 43.0 Å². The summed E-state index contributed by atoms with van der Waals surface area (Å²) in [6.07, 6.45) is 44.9. The quantitative estimate of drug-likeness (QED) is 0.0240. The monoisotopic (exact) mass is 785 g/mol. The van der Waals surface area contributed by atoms with Gasteiger partial charge in [-0.1, -0.05) is 146 Å². The molecule has 0 aliphatic carbocycles. The number of phosphoric ester groups is 1.